The number of hydrogen-bond acceptors (Lipinski definition) is 4. The van der Waals surface area contributed by atoms with Gasteiger partial charge in [-0.15, -0.1) is 0 Å². The van der Waals surface area contributed by atoms with Gasteiger partial charge in [-0.25, -0.2) is 8.42 Å². The molecule has 0 spiro atoms. The van der Waals surface area contributed by atoms with E-state index in [4.69, 9.17) is 10.5 Å². The van der Waals surface area contributed by atoms with Crippen LogP contribution >= 0.6 is 0 Å². The number of sulfonamides is 1. The molecule has 1 atom stereocenters. The predicted molar refractivity (Wildman–Crippen MR) is 94.1 cm³/mol. The maximum atomic E-state index is 12.8. The zero-order chi connectivity index (χ0) is 18.0. The highest BCUT2D eigenvalue weighted by Gasteiger charge is 2.34. The molecule has 6 nitrogen and oxygen atoms in total. The van der Waals surface area contributed by atoms with Gasteiger partial charge in [0.1, 0.15) is 5.75 Å². The van der Waals surface area contributed by atoms with Crippen molar-refractivity contribution >= 4 is 15.9 Å². The molecule has 1 aliphatic rings. The Kier molecular flexibility index (Phi) is 4.78. The van der Waals surface area contributed by atoms with Crippen molar-refractivity contribution in [3.8, 4) is 5.75 Å². The number of ether oxygens (including phenoxy) is 1. The molecule has 0 unspecified atom stereocenters. The van der Waals surface area contributed by atoms with Crippen LogP contribution in [0.1, 0.15) is 28.3 Å². The van der Waals surface area contributed by atoms with Crippen LogP contribution in [0.15, 0.2) is 53.4 Å². The molecule has 0 aliphatic carbocycles. The third-order valence-electron chi connectivity index (χ3n) is 4.51. The average Bonchev–Trinajstić information content (AvgIpc) is 3.12. The summed E-state index contributed by atoms with van der Waals surface area (Å²) in [7, 11) is -1.99. The number of primary amides is 1. The third kappa shape index (κ3) is 3.38. The summed E-state index contributed by atoms with van der Waals surface area (Å²) in [4.78, 5) is 11.3. The van der Waals surface area contributed by atoms with E-state index in [0.717, 1.165) is 17.7 Å². The number of hydrogen-bond donors (Lipinski definition) is 1. The van der Waals surface area contributed by atoms with E-state index >= 15 is 0 Å². The maximum absolute atomic E-state index is 12.8. The van der Waals surface area contributed by atoms with Gasteiger partial charge in [0.25, 0.3) is 0 Å². The van der Waals surface area contributed by atoms with E-state index in [2.05, 4.69) is 0 Å². The Hall–Kier alpha value is -2.38. The highest BCUT2D eigenvalue weighted by atomic mass is 32.2. The van der Waals surface area contributed by atoms with E-state index < -0.39 is 15.9 Å². The van der Waals surface area contributed by atoms with Gasteiger partial charge in [0.15, 0.2) is 0 Å². The molecule has 2 N–H and O–H groups in total. The second-order valence-corrected chi connectivity index (χ2v) is 7.92. The average molecular weight is 360 g/mol. The second-order valence-electron chi connectivity index (χ2n) is 5.98. The van der Waals surface area contributed by atoms with Crippen LogP contribution < -0.4 is 10.5 Å². The second kappa shape index (κ2) is 6.85. The number of benzene rings is 2. The lowest BCUT2D eigenvalue weighted by molar-refractivity contribution is 0.1000. The van der Waals surface area contributed by atoms with Gasteiger partial charge >= 0.3 is 0 Å². The van der Waals surface area contributed by atoms with Crippen molar-refractivity contribution < 1.29 is 17.9 Å². The minimum Gasteiger partial charge on any atom is -0.496 e. The summed E-state index contributed by atoms with van der Waals surface area (Å²) in [6.07, 6.45) is 0.735. The molecule has 1 heterocycles. The van der Waals surface area contributed by atoms with Crippen LogP contribution in [0.3, 0.4) is 0 Å². The standard InChI is InChI=1S/C18H20N2O4S/c1-24-17-5-3-2-4-16(17)14-10-11-20(12-14)25(22,23)15-8-6-13(7-9-15)18(19)21/h2-9,14H,10-12H2,1H3,(H2,19,21)/t14-/m1/s1. The van der Waals surface area contributed by atoms with Crippen LogP contribution in [0.2, 0.25) is 0 Å². The lowest BCUT2D eigenvalue weighted by Gasteiger charge is -2.18. The Bertz CT molecular complexity index is 878. The van der Waals surface area contributed by atoms with Crippen LogP contribution in [-0.2, 0) is 10.0 Å². The minimum absolute atomic E-state index is 0.0933. The molecular formula is C18H20N2O4S. The van der Waals surface area contributed by atoms with Crippen molar-refractivity contribution in [2.75, 3.05) is 20.2 Å². The van der Waals surface area contributed by atoms with E-state index in [9.17, 15) is 13.2 Å². The molecule has 7 heteroatoms. The van der Waals surface area contributed by atoms with E-state index in [1.807, 2.05) is 24.3 Å². The first-order chi connectivity index (χ1) is 11.9. The molecule has 1 aliphatic heterocycles. The summed E-state index contributed by atoms with van der Waals surface area (Å²) in [6.45, 7) is 0.850. The highest BCUT2D eigenvalue weighted by molar-refractivity contribution is 7.89. The molecule has 1 fully saturated rings. The molecule has 132 valence electrons. The van der Waals surface area contributed by atoms with E-state index in [-0.39, 0.29) is 16.4 Å². The summed E-state index contributed by atoms with van der Waals surface area (Å²) >= 11 is 0. The summed E-state index contributed by atoms with van der Waals surface area (Å²) in [6, 6.07) is 13.4. The summed E-state index contributed by atoms with van der Waals surface area (Å²) in [5.74, 6) is 0.287. The number of carbonyl (C=O) groups excluding carboxylic acids is 1. The Morgan fingerprint density at radius 2 is 1.84 bits per heavy atom. The number of amides is 1. The van der Waals surface area contributed by atoms with Gasteiger partial charge in [0, 0.05) is 24.6 Å². The van der Waals surface area contributed by atoms with Crippen molar-refractivity contribution in [3.63, 3.8) is 0 Å². The first kappa shape index (κ1) is 17.4. The van der Waals surface area contributed by atoms with Crippen LogP contribution in [0.25, 0.3) is 0 Å². The number of para-hydroxylation sites is 1. The van der Waals surface area contributed by atoms with Crippen molar-refractivity contribution in [2.45, 2.75) is 17.2 Å². The van der Waals surface area contributed by atoms with Gasteiger partial charge in [-0.05, 0) is 42.3 Å². The first-order valence-corrected chi connectivity index (χ1v) is 9.40. The van der Waals surface area contributed by atoms with Gasteiger partial charge in [0.05, 0.1) is 12.0 Å². The van der Waals surface area contributed by atoms with Gasteiger partial charge in [0.2, 0.25) is 15.9 Å². The van der Waals surface area contributed by atoms with Crippen LogP contribution in [0.5, 0.6) is 5.75 Å². The molecule has 2 aromatic carbocycles. The van der Waals surface area contributed by atoms with Crippen molar-refractivity contribution in [2.24, 2.45) is 5.73 Å². The van der Waals surface area contributed by atoms with Gasteiger partial charge < -0.3 is 10.5 Å². The Morgan fingerprint density at radius 1 is 1.16 bits per heavy atom. The number of nitrogens with zero attached hydrogens (tertiary/aromatic N) is 1. The number of nitrogens with two attached hydrogens (primary N) is 1. The quantitative estimate of drug-likeness (QED) is 0.883. The SMILES string of the molecule is COc1ccccc1[C@@H]1CCN(S(=O)(=O)c2ccc(C(N)=O)cc2)C1. The molecule has 0 radical (unpaired) electrons. The molecule has 1 saturated heterocycles. The van der Waals surface area contributed by atoms with Gasteiger partial charge in [-0.3, -0.25) is 4.79 Å². The minimum atomic E-state index is -3.60. The highest BCUT2D eigenvalue weighted by Crippen LogP contribution is 2.35. The lowest BCUT2D eigenvalue weighted by atomic mass is 9.97. The number of rotatable bonds is 5. The van der Waals surface area contributed by atoms with Crippen LogP contribution in [-0.4, -0.2) is 38.8 Å². The Labute approximate surface area is 147 Å². The van der Waals surface area contributed by atoms with E-state index in [1.54, 1.807) is 7.11 Å². The van der Waals surface area contributed by atoms with Gasteiger partial charge in [-0.1, -0.05) is 18.2 Å². The Balaban J connectivity index is 1.82. The monoisotopic (exact) mass is 360 g/mol. The van der Waals surface area contributed by atoms with Crippen molar-refractivity contribution in [3.05, 3.63) is 59.7 Å². The van der Waals surface area contributed by atoms with Crippen LogP contribution in [0.4, 0.5) is 0 Å². The van der Waals surface area contributed by atoms with Crippen molar-refractivity contribution in [1.82, 2.24) is 4.31 Å². The third-order valence-corrected chi connectivity index (χ3v) is 6.39. The topological polar surface area (TPSA) is 89.7 Å². The first-order valence-electron chi connectivity index (χ1n) is 7.96. The normalized spacial score (nSPS) is 18.2. The fraction of sp³-hybridized carbons (Fsp3) is 0.278. The van der Waals surface area contributed by atoms with Crippen molar-refractivity contribution in [1.29, 1.82) is 0 Å². The lowest BCUT2D eigenvalue weighted by Crippen LogP contribution is -2.28. The molecule has 2 aromatic rings. The molecular weight excluding hydrogens is 340 g/mol. The summed E-state index contributed by atoms with van der Waals surface area (Å²) < 4.78 is 32.5. The Morgan fingerprint density at radius 3 is 2.48 bits per heavy atom. The smallest absolute Gasteiger partial charge is 0.248 e. The predicted octanol–water partition coefficient (Wildman–Crippen LogP) is 1.97. The fourth-order valence-corrected chi connectivity index (χ4v) is 4.64. The van der Waals surface area contributed by atoms with Crippen LogP contribution in [0, 0.1) is 0 Å². The molecule has 0 saturated carbocycles. The van der Waals surface area contributed by atoms with E-state index in [1.165, 1.54) is 28.6 Å². The molecule has 25 heavy (non-hydrogen) atoms. The number of methoxy groups -OCH3 is 1. The molecule has 3 rings (SSSR count). The zero-order valence-electron chi connectivity index (χ0n) is 13.9. The zero-order valence-corrected chi connectivity index (χ0v) is 14.7. The number of carbonyl (C=O) groups is 1. The largest absolute Gasteiger partial charge is 0.496 e. The molecule has 1 amide bonds. The molecule has 0 aromatic heterocycles. The van der Waals surface area contributed by atoms with E-state index in [0.29, 0.717) is 13.1 Å². The maximum Gasteiger partial charge on any atom is 0.248 e. The van der Waals surface area contributed by atoms with Gasteiger partial charge in [-0.2, -0.15) is 4.31 Å². The fourth-order valence-electron chi connectivity index (χ4n) is 3.14. The summed E-state index contributed by atoms with van der Waals surface area (Å²) in [5.41, 5.74) is 6.50. The molecule has 0 bridgehead atoms. The summed E-state index contributed by atoms with van der Waals surface area (Å²) in [5, 5.41) is 0.